The zero-order valence-corrected chi connectivity index (χ0v) is 11.1. The molecule has 0 spiro atoms. The Kier molecular flexibility index (Phi) is 4.75. The Balaban J connectivity index is 1.95. The summed E-state index contributed by atoms with van der Waals surface area (Å²) < 4.78 is 43.1. The van der Waals surface area contributed by atoms with E-state index in [-0.39, 0.29) is 13.2 Å². The summed E-state index contributed by atoms with van der Waals surface area (Å²) in [5, 5.41) is 0. The Morgan fingerprint density at radius 3 is 2.19 bits per heavy atom. The van der Waals surface area contributed by atoms with Crippen LogP contribution in [-0.4, -0.2) is 6.29 Å². The van der Waals surface area contributed by atoms with Crippen molar-refractivity contribution in [3.63, 3.8) is 0 Å². The van der Waals surface area contributed by atoms with Crippen LogP contribution in [0.2, 0.25) is 0 Å². The summed E-state index contributed by atoms with van der Waals surface area (Å²) in [6, 6.07) is 11.9. The van der Waals surface area contributed by atoms with E-state index < -0.39 is 11.7 Å². The molecule has 0 fully saturated rings. The topological polar surface area (TPSA) is 26.3 Å². The molecule has 2 rings (SSSR count). The van der Waals surface area contributed by atoms with Gasteiger partial charge in [0.2, 0.25) is 0 Å². The number of aldehydes is 1. The molecule has 0 aliphatic heterocycles. The first-order chi connectivity index (χ1) is 9.99. The van der Waals surface area contributed by atoms with Gasteiger partial charge in [-0.05, 0) is 29.3 Å². The molecule has 0 unspecified atom stereocenters. The van der Waals surface area contributed by atoms with Gasteiger partial charge in [0, 0.05) is 5.56 Å². The highest BCUT2D eigenvalue weighted by molar-refractivity contribution is 5.74. The first kappa shape index (κ1) is 15.3. The molecule has 0 saturated carbocycles. The first-order valence-electron chi connectivity index (χ1n) is 6.27. The Bertz CT molecular complexity index is 621. The molecular weight excluding hydrogens is 281 g/mol. The van der Waals surface area contributed by atoms with Crippen LogP contribution in [-0.2, 0) is 24.1 Å². The van der Waals surface area contributed by atoms with E-state index in [2.05, 4.69) is 0 Å². The summed E-state index contributed by atoms with van der Waals surface area (Å²) in [6.45, 7) is 0.313. The first-order valence-corrected chi connectivity index (χ1v) is 6.27. The Labute approximate surface area is 120 Å². The van der Waals surface area contributed by atoms with Crippen LogP contribution in [0.25, 0.3) is 0 Å². The highest BCUT2D eigenvalue weighted by Crippen LogP contribution is 2.29. The maximum absolute atomic E-state index is 12.6. The molecule has 0 saturated heterocycles. The van der Waals surface area contributed by atoms with E-state index in [0.717, 1.165) is 24.0 Å². The molecule has 110 valence electrons. The molecule has 0 aromatic heterocycles. The molecule has 0 aliphatic rings. The number of hydrogen-bond donors (Lipinski definition) is 0. The van der Waals surface area contributed by atoms with E-state index >= 15 is 0 Å². The van der Waals surface area contributed by atoms with Gasteiger partial charge < -0.3 is 4.74 Å². The van der Waals surface area contributed by atoms with Crippen molar-refractivity contribution in [1.29, 1.82) is 0 Å². The fourth-order valence-electron chi connectivity index (χ4n) is 1.88. The van der Waals surface area contributed by atoms with E-state index in [0.29, 0.717) is 11.1 Å². The van der Waals surface area contributed by atoms with E-state index in [9.17, 15) is 18.0 Å². The lowest BCUT2D eigenvalue weighted by Gasteiger charge is -2.09. The molecule has 0 amide bonds. The van der Waals surface area contributed by atoms with Gasteiger partial charge in [0.05, 0.1) is 18.8 Å². The Hall–Kier alpha value is -2.14. The van der Waals surface area contributed by atoms with Crippen molar-refractivity contribution in [3.05, 3.63) is 70.8 Å². The van der Waals surface area contributed by atoms with Gasteiger partial charge in [0.1, 0.15) is 6.29 Å². The minimum absolute atomic E-state index is 0.0786. The summed E-state index contributed by atoms with van der Waals surface area (Å²) in [7, 11) is 0. The molecule has 5 heteroatoms. The number of benzene rings is 2. The van der Waals surface area contributed by atoms with Gasteiger partial charge in [-0.15, -0.1) is 0 Å². The van der Waals surface area contributed by atoms with Crippen LogP contribution in [0.5, 0.6) is 0 Å². The van der Waals surface area contributed by atoms with E-state index in [1.165, 1.54) is 6.07 Å². The third-order valence-corrected chi connectivity index (χ3v) is 2.88. The minimum atomic E-state index is -4.35. The largest absolute Gasteiger partial charge is 0.416 e. The molecule has 0 radical (unpaired) electrons. The molecule has 0 N–H and O–H groups in total. The second-order valence-corrected chi connectivity index (χ2v) is 4.55. The lowest BCUT2D eigenvalue weighted by Crippen LogP contribution is -2.05. The third kappa shape index (κ3) is 4.43. The number of carbonyl (C=O) groups is 1. The van der Waals surface area contributed by atoms with Crippen molar-refractivity contribution < 1.29 is 22.7 Å². The third-order valence-electron chi connectivity index (χ3n) is 2.88. The summed E-state index contributed by atoms with van der Waals surface area (Å²) in [5.41, 5.74) is 1.10. The van der Waals surface area contributed by atoms with Gasteiger partial charge in [-0.2, -0.15) is 13.2 Å². The summed E-state index contributed by atoms with van der Waals surface area (Å²) in [5.74, 6) is 0. The van der Waals surface area contributed by atoms with Crippen molar-refractivity contribution in [2.75, 3.05) is 0 Å². The van der Waals surface area contributed by atoms with Crippen molar-refractivity contribution in [2.45, 2.75) is 19.4 Å². The lowest BCUT2D eigenvalue weighted by atomic mass is 10.1. The Morgan fingerprint density at radius 2 is 1.57 bits per heavy atom. The highest BCUT2D eigenvalue weighted by atomic mass is 19.4. The predicted octanol–water partition coefficient (Wildman–Crippen LogP) is 4.23. The van der Waals surface area contributed by atoms with Gasteiger partial charge in [0.15, 0.2) is 0 Å². The number of halogens is 3. The second kappa shape index (κ2) is 6.54. The van der Waals surface area contributed by atoms with Gasteiger partial charge in [0.25, 0.3) is 0 Å². The zero-order chi connectivity index (χ0) is 15.3. The fraction of sp³-hybridized carbons (Fsp3) is 0.188. The molecule has 0 heterocycles. The van der Waals surface area contributed by atoms with Crippen LogP contribution >= 0.6 is 0 Å². The number of hydrogen-bond acceptors (Lipinski definition) is 2. The van der Waals surface area contributed by atoms with Gasteiger partial charge in [-0.1, -0.05) is 30.3 Å². The number of alkyl halides is 3. The molecule has 0 aliphatic carbocycles. The predicted molar refractivity (Wildman–Crippen MR) is 71.8 cm³/mol. The Morgan fingerprint density at radius 1 is 0.952 bits per heavy atom. The average molecular weight is 294 g/mol. The quantitative estimate of drug-likeness (QED) is 0.771. The van der Waals surface area contributed by atoms with Gasteiger partial charge >= 0.3 is 6.18 Å². The van der Waals surface area contributed by atoms with Gasteiger partial charge in [-0.3, -0.25) is 4.79 Å². The number of carbonyl (C=O) groups excluding carboxylic acids is 1. The van der Waals surface area contributed by atoms with Crippen LogP contribution in [0.1, 0.15) is 27.0 Å². The number of ether oxygens (including phenoxy) is 1. The summed E-state index contributed by atoms with van der Waals surface area (Å²) in [4.78, 5) is 10.6. The maximum Gasteiger partial charge on any atom is 0.416 e. The van der Waals surface area contributed by atoms with Crippen LogP contribution in [0.4, 0.5) is 13.2 Å². The monoisotopic (exact) mass is 294 g/mol. The molecule has 21 heavy (non-hydrogen) atoms. The second-order valence-electron chi connectivity index (χ2n) is 4.55. The summed E-state index contributed by atoms with van der Waals surface area (Å²) >= 11 is 0. The minimum Gasteiger partial charge on any atom is -0.372 e. The van der Waals surface area contributed by atoms with Crippen molar-refractivity contribution in [1.82, 2.24) is 0 Å². The molecule has 0 bridgehead atoms. The SMILES string of the molecule is O=Cc1cccc(COCc2cccc(C(F)(F)F)c2)c1. The lowest BCUT2D eigenvalue weighted by molar-refractivity contribution is -0.137. The molecule has 2 aromatic carbocycles. The molecule has 2 aromatic rings. The van der Waals surface area contributed by atoms with Crippen molar-refractivity contribution in [2.24, 2.45) is 0 Å². The van der Waals surface area contributed by atoms with E-state index in [1.54, 1.807) is 30.3 Å². The van der Waals surface area contributed by atoms with Crippen molar-refractivity contribution >= 4 is 6.29 Å². The fourth-order valence-corrected chi connectivity index (χ4v) is 1.88. The van der Waals surface area contributed by atoms with Crippen LogP contribution in [0, 0.1) is 0 Å². The zero-order valence-electron chi connectivity index (χ0n) is 11.1. The maximum atomic E-state index is 12.6. The molecule has 0 atom stereocenters. The normalized spacial score (nSPS) is 11.4. The van der Waals surface area contributed by atoms with Crippen LogP contribution in [0.15, 0.2) is 48.5 Å². The van der Waals surface area contributed by atoms with Crippen LogP contribution < -0.4 is 0 Å². The van der Waals surface area contributed by atoms with E-state index in [1.807, 2.05) is 0 Å². The molecular formula is C16H13F3O2. The number of rotatable bonds is 5. The van der Waals surface area contributed by atoms with Crippen LogP contribution in [0.3, 0.4) is 0 Å². The highest BCUT2D eigenvalue weighted by Gasteiger charge is 2.30. The molecule has 2 nitrogen and oxygen atoms in total. The van der Waals surface area contributed by atoms with E-state index in [4.69, 9.17) is 4.74 Å². The van der Waals surface area contributed by atoms with Crippen molar-refractivity contribution in [3.8, 4) is 0 Å². The standard InChI is InChI=1S/C16H13F3O2/c17-16(18,19)15-6-2-5-14(8-15)11-21-10-13-4-1-3-12(7-13)9-20/h1-9H,10-11H2. The summed E-state index contributed by atoms with van der Waals surface area (Å²) in [6.07, 6.45) is -3.62. The average Bonchev–Trinajstić information content (AvgIpc) is 2.47. The van der Waals surface area contributed by atoms with Gasteiger partial charge in [-0.25, -0.2) is 0 Å². The smallest absolute Gasteiger partial charge is 0.372 e.